The molecule has 1 N–H and O–H groups in total. The minimum absolute atomic E-state index is 0.0247. The Morgan fingerprint density at radius 3 is 2.55 bits per heavy atom. The zero-order valence-electron chi connectivity index (χ0n) is 16.5. The van der Waals surface area contributed by atoms with Gasteiger partial charge in [-0.2, -0.15) is 4.98 Å². The number of aromatic nitrogens is 4. The second-order valence-corrected chi connectivity index (χ2v) is 7.26. The first-order chi connectivity index (χ1) is 15.1. The van der Waals surface area contributed by atoms with Crippen LogP contribution >= 0.6 is 0 Å². The number of rotatable bonds is 4. The van der Waals surface area contributed by atoms with Crippen LogP contribution in [0, 0.1) is 5.82 Å². The molecule has 9 nitrogen and oxygen atoms in total. The lowest BCUT2D eigenvalue weighted by Gasteiger charge is -2.36. The second kappa shape index (κ2) is 7.71. The number of piperazine rings is 1. The number of hydrogen-bond donors (Lipinski definition) is 1. The average Bonchev–Trinajstić information content (AvgIpc) is 3.30. The Morgan fingerprint density at radius 2 is 1.81 bits per heavy atom. The largest absolute Gasteiger partial charge is 0.467 e. The number of anilines is 2. The van der Waals surface area contributed by atoms with Crippen molar-refractivity contribution < 1.29 is 8.81 Å². The molecule has 0 atom stereocenters. The minimum atomic E-state index is -0.567. The maximum Gasteiger partial charge on any atom is 0.330 e. The topological polar surface area (TPSA) is 100 Å². The van der Waals surface area contributed by atoms with Crippen LogP contribution in [0.25, 0.3) is 11.0 Å². The first-order valence-corrected chi connectivity index (χ1v) is 9.87. The van der Waals surface area contributed by atoms with E-state index in [-0.39, 0.29) is 23.4 Å². The molecule has 0 aliphatic carbocycles. The normalized spacial score (nSPS) is 14.4. The van der Waals surface area contributed by atoms with E-state index < -0.39 is 11.2 Å². The van der Waals surface area contributed by atoms with Crippen LogP contribution in [0.15, 0.2) is 62.9 Å². The molecule has 0 spiro atoms. The molecule has 31 heavy (non-hydrogen) atoms. The van der Waals surface area contributed by atoms with Gasteiger partial charge in [-0.25, -0.2) is 14.2 Å². The van der Waals surface area contributed by atoms with Crippen LogP contribution in [0.3, 0.4) is 0 Å². The highest BCUT2D eigenvalue weighted by Crippen LogP contribution is 2.21. The van der Waals surface area contributed by atoms with Crippen LogP contribution in [0.4, 0.5) is 16.0 Å². The number of nitrogens with one attached hydrogen (secondary N) is 1. The highest BCUT2D eigenvalue weighted by atomic mass is 19.1. The summed E-state index contributed by atoms with van der Waals surface area (Å²) in [7, 11) is 0. The number of benzene rings is 1. The summed E-state index contributed by atoms with van der Waals surface area (Å²) in [6, 6.07) is 10.1. The summed E-state index contributed by atoms with van der Waals surface area (Å²) in [4.78, 5) is 40.5. The smallest absolute Gasteiger partial charge is 0.330 e. The lowest BCUT2D eigenvalue weighted by atomic mass is 10.2. The molecule has 5 rings (SSSR count). The van der Waals surface area contributed by atoms with Gasteiger partial charge in [-0.3, -0.25) is 14.3 Å². The number of hydrogen-bond acceptors (Lipinski definition) is 7. The maximum atomic E-state index is 14.0. The van der Waals surface area contributed by atoms with Crippen molar-refractivity contribution in [3.05, 3.63) is 81.3 Å². The molecule has 0 unspecified atom stereocenters. The Labute approximate surface area is 175 Å². The highest BCUT2D eigenvalue weighted by Gasteiger charge is 2.22. The van der Waals surface area contributed by atoms with E-state index >= 15 is 0 Å². The van der Waals surface area contributed by atoms with Gasteiger partial charge in [0.1, 0.15) is 17.0 Å². The molecule has 4 aromatic rings. The van der Waals surface area contributed by atoms with Crippen molar-refractivity contribution in [3.8, 4) is 0 Å². The molecule has 1 aliphatic heterocycles. The van der Waals surface area contributed by atoms with Crippen molar-refractivity contribution in [3.63, 3.8) is 0 Å². The summed E-state index contributed by atoms with van der Waals surface area (Å²) in [5.74, 6) is 0.665. The Balaban J connectivity index is 1.39. The SMILES string of the molecule is O=c1[nH]c2nc(N3CCN(c4ccccc4F)CC3)ncc2c(=O)n1Cc1ccco1. The van der Waals surface area contributed by atoms with Crippen LogP contribution in [0.1, 0.15) is 5.76 Å². The van der Waals surface area contributed by atoms with Crippen molar-refractivity contribution in [1.82, 2.24) is 19.5 Å². The van der Waals surface area contributed by atoms with E-state index in [1.165, 1.54) is 18.5 Å². The molecule has 0 saturated carbocycles. The summed E-state index contributed by atoms with van der Waals surface area (Å²) in [5.41, 5.74) is -0.288. The Hall–Kier alpha value is -3.95. The molecular weight excluding hydrogens is 403 g/mol. The summed E-state index contributed by atoms with van der Waals surface area (Å²) < 4.78 is 20.3. The molecule has 1 aromatic carbocycles. The number of aromatic amines is 1. The van der Waals surface area contributed by atoms with E-state index in [1.807, 2.05) is 15.9 Å². The zero-order valence-corrected chi connectivity index (χ0v) is 16.5. The molecule has 4 heterocycles. The van der Waals surface area contributed by atoms with E-state index in [1.54, 1.807) is 24.3 Å². The van der Waals surface area contributed by atoms with Gasteiger partial charge in [-0.15, -0.1) is 0 Å². The summed E-state index contributed by atoms with van der Waals surface area (Å²) in [6.45, 7) is 2.39. The number of H-pyrrole nitrogens is 1. The van der Waals surface area contributed by atoms with E-state index in [4.69, 9.17) is 4.42 Å². The number of furan rings is 1. The predicted octanol–water partition coefficient (Wildman–Crippen LogP) is 1.59. The standard InChI is InChI=1S/C21H19FN6O3/c22-16-5-1-2-6-17(16)26-7-9-27(10-8-26)20-23-12-15-18(24-20)25-21(30)28(19(15)29)13-14-4-3-11-31-14/h1-6,11-12H,7-10,13H2,(H,23,24,25,30). The van der Waals surface area contributed by atoms with Gasteiger partial charge in [-0.05, 0) is 24.3 Å². The molecule has 1 saturated heterocycles. The van der Waals surface area contributed by atoms with Gasteiger partial charge in [-0.1, -0.05) is 12.1 Å². The quantitative estimate of drug-likeness (QED) is 0.533. The minimum Gasteiger partial charge on any atom is -0.467 e. The fraction of sp³-hybridized carbons (Fsp3) is 0.238. The number of nitrogens with zero attached hydrogens (tertiary/aromatic N) is 5. The third-order valence-electron chi connectivity index (χ3n) is 5.37. The Bertz CT molecular complexity index is 1340. The molecular formula is C21H19FN6O3. The van der Waals surface area contributed by atoms with Crippen LogP contribution < -0.4 is 21.0 Å². The molecule has 1 fully saturated rings. The van der Waals surface area contributed by atoms with Crippen LogP contribution in [0.5, 0.6) is 0 Å². The van der Waals surface area contributed by atoms with Gasteiger partial charge in [0.25, 0.3) is 5.56 Å². The fourth-order valence-corrected chi connectivity index (χ4v) is 3.74. The first kappa shape index (κ1) is 19.0. The lowest BCUT2D eigenvalue weighted by molar-refractivity contribution is 0.484. The predicted molar refractivity (Wildman–Crippen MR) is 113 cm³/mol. The van der Waals surface area contributed by atoms with Gasteiger partial charge in [0.15, 0.2) is 5.65 Å². The first-order valence-electron chi connectivity index (χ1n) is 9.87. The van der Waals surface area contributed by atoms with Crippen LogP contribution in [-0.2, 0) is 6.54 Å². The van der Waals surface area contributed by atoms with E-state index in [9.17, 15) is 14.0 Å². The summed E-state index contributed by atoms with van der Waals surface area (Å²) >= 11 is 0. The van der Waals surface area contributed by atoms with Crippen LogP contribution in [0.2, 0.25) is 0 Å². The Morgan fingerprint density at radius 1 is 1.03 bits per heavy atom. The zero-order chi connectivity index (χ0) is 21.4. The fourth-order valence-electron chi connectivity index (χ4n) is 3.74. The van der Waals surface area contributed by atoms with Gasteiger partial charge in [0.05, 0.1) is 18.5 Å². The number of fused-ring (bicyclic) bond motifs is 1. The molecule has 0 bridgehead atoms. The van der Waals surface area contributed by atoms with E-state index in [0.29, 0.717) is 43.6 Å². The highest BCUT2D eigenvalue weighted by molar-refractivity contribution is 5.73. The summed E-state index contributed by atoms with van der Waals surface area (Å²) in [5, 5.41) is 0.222. The number of para-hydroxylation sites is 1. The van der Waals surface area contributed by atoms with Crippen molar-refractivity contribution in [2.75, 3.05) is 36.0 Å². The lowest BCUT2D eigenvalue weighted by Crippen LogP contribution is -2.47. The van der Waals surface area contributed by atoms with Crippen molar-refractivity contribution >= 4 is 22.7 Å². The Kier molecular flexibility index (Phi) is 4.73. The molecule has 158 valence electrons. The van der Waals surface area contributed by atoms with Gasteiger partial charge in [0.2, 0.25) is 5.95 Å². The number of halogens is 1. The molecule has 10 heteroatoms. The maximum absolute atomic E-state index is 14.0. The second-order valence-electron chi connectivity index (χ2n) is 7.26. The molecule has 0 amide bonds. The average molecular weight is 422 g/mol. The van der Waals surface area contributed by atoms with E-state index in [0.717, 1.165) is 4.57 Å². The van der Waals surface area contributed by atoms with Crippen molar-refractivity contribution in [2.24, 2.45) is 0 Å². The van der Waals surface area contributed by atoms with E-state index in [2.05, 4.69) is 15.0 Å². The molecule has 1 aliphatic rings. The summed E-state index contributed by atoms with van der Waals surface area (Å²) in [6.07, 6.45) is 2.91. The van der Waals surface area contributed by atoms with Gasteiger partial charge in [0, 0.05) is 32.4 Å². The molecule has 3 aromatic heterocycles. The third-order valence-corrected chi connectivity index (χ3v) is 5.37. The van der Waals surface area contributed by atoms with Crippen LogP contribution in [-0.4, -0.2) is 45.7 Å². The molecule has 0 radical (unpaired) electrons. The monoisotopic (exact) mass is 422 g/mol. The van der Waals surface area contributed by atoms with Gasteiger partial charge >= 0.3 is 5.69 Å². The van der Waals surface area contributed by atoms with Crippen molar-refractivity contribution in [2.45, 2.75) is 6.54 Å². The third kappa shape index (κ3) is 3.56. The van der Waals surface area contributed by atoms with Crippen molar-refractivity contribution in [1.29, 1.82) is 0 Å². The van der Waals surface area contributed by atoms with Gasteiger partial charge < -0.3 is 14.2 Å².